The standard InChI is InChI=1S/C18H27N3O3S2.ClH/c1-13-4-5-17(25-13)26(23,24)21-8-2-3-16(21)18(22)20-9-6-14-11-19-12-15(14)7-10-20;/h4-5,14-16,19H,2-3,6-12H2,1H3;1H/t14-,15+,16?;. The average Bonchev–Trinajstić information content (AvgIpc) is 3.33. The second-order valence-corrected chi connectivity index (χ2v) is 11.1. The molecule has 6 nitrogen and oxygen atoms in total. The highest BCUT2D eigenvalue weighted by Gasteiger charge is 2.42. The van der Waals surface area contributed by atoms with E-state index in [-0.39, 0.29) is 18.3 Å². The van der Waals surface area contributed by atoms with Crippen LogP contribution in [0.25, 0.3) is 0 Å². The van der Waals surface area contributed by atoms with Crippen LogP contribution in [0.15, 0.2) is 16.3 Å². The average molecular weight is 434 g/mol. The second kappa shape index (κ2) is 8.37. The Hall–Kier alpha value is -0.670. The molecule has 1 unspecified atom stereocenters. The zero-order valence-corrected chi connectivity index (χ0v) is 18.0. The molecule has 1 aromatic rings. The van der Waals surface area contributed by atoms with Crippen LogP contribution < -0.4 is 5.32 Å². The van der Waals surface area contributed by atoms with E-state index in [9.17, 15) is 13.2 Å². The highest BCUT2D eigenvalue weighted by molar-refractivity contribution is 7.91. The molecular weight excluding hydrogens is 406 g/mol. The summed E-state index contributed by atoms with van der Waals surface area (Å²) in [6.45, 7) is 5.95. The number of halogens is 1. The van der Waals surface area contributed by atoms with Gasteiger partial charge in [-0.3, -0.25) is 4.79 Å². The summed E-state index contributed by atoms with van der Waals surface area (Å²) in [4.78, 5) is 16.1. The molecule has 4 rings (SSSR count). The lowest BCUT2D eigenvalue weighted by Crippen LogP contribution is -2.48. The smallest absolute Gasteiger partial charge is 0.253 e. The van der Waals surface area contributed by atoms with Crippen molar-refractivity contribution in [1.82, 2.24) is 14.5 Å². The van der Waals surface area contributed by atoms with Crippen LogP contribution >= 0.6 is 23.7 Å². The third kappa shape index (κ3) is 4.05. The Morgan fingerprint density at radius 1 is 1.11 bits per heavy atom. The van der Waals surface area contributed by atoms with Crippen LogP contribution in [0.3, 0.4) is 0 Å². The quantitative estimate of drug-likeness (QED) is 0.792. The van der Waals surface area contributed by atoms with Gasteiger partial charge in [0.1, 0.15) is 10.3 Å². The van der Waals surface area contributed by atoms with Crippen molar-refractivity contribution >= 4 is 39.7 Å². The van der Waals surface area contributed by atoms with Gasteiger partial charge in [0.05, 0.1) is 0 Å². The van der Waals surface area contributed by atoms with Gasteiger partial charge in [0, 0.05) is 24.5 Å². The molecule has 3 saturated heterocycles. The maximum absolute atomic E-state index is 13.2. The summed E-state index contributed by atoms with van der Waals surface area (Å²) in [5.41, 5.74) is 0. The highest BCUT2D eigenvalue weighted by Crippen LogP contribution is 2.32. The van der Waals surface area contributed by atoms with Gasteiger partial charge in [-0.15, -0.1) is 23.7 Å². The number of amides is 1. The number of rotatable bonds is 3. The van der Waals surface area contributed by atoms with Crippen LogP contribution in [0.5, 0.6) is 0 Å². The van der Waals surface area contributed by atoms with Crippen molar-refractivity contribution in [2.45, 2.75) is 42.9 Å². The molecule has 3 fully saturated rings. The van der Waals surface area contributed by atoms with E-state index in [4.69, 9.17) is 0 Å². The monoisotopic (exact) mass is 433 g/mol. The zero-order chi connectivity index (χ0) is 18.3. The minimum Gasteiger partial charge on any atom is -0.341 e. The highest BCUT2D eigenvalue weighted by atomic mass is 35.5. The predicted octanol–water partition coefficient (Wildman–Crippen LogP) is 2.09. The van der Waals surface area contributed by atoms with Crippen molar-refractivity contribution in [1.29, 1.82) is 0 Å². The number of hydrogen-bond donors (Lipinski definition) is 1. The number of aryl methyl sites for hydroxylation is 1. The number of fused-ring (bicyclic) bond motifs is 1. The number of carbonyl (C=O) groups is 1. The second-order valence-electron chi connectivity index (χ2n) is 7.72. The Morgan fingerprint density at radius 3 is 2.37 bits per heavy atom. The Bertz CT molecular complexity index is 769. The van der Waals surface area contributed by atoms with Crippen LogP contribution in [0.2, 0.25) is 0 Å². The van der Waals surface area contributed by atoms with Crippen molar-refractivity contribution in [2.24, 2.45) is 11.8 Å². The van der Waals surface area contributed by atoms with E-state index in [1.807, 2.05) is 17.9 Å². The topological polar surface area (TPSA) is 69.7 Å². The SMILES string of the molecule is Cc1ccc(S(=O)(=O)N2CCCC2C(=O)N2CC[C@@H]3CNC[C@@H]3CC2)s1.Cl. The van der Waals surface area contributed by atoms with E-state index < -0.39 is 16.1 Å². The van der Waals surface area contributed by atoms with Gasteiger partial charge in [0.15, 0.2) is 0 Å². The summed E-state index contributed by atoms with van der Waals surface area (Å²) in [5.74, 6) is 1.32. The van der Waals surface area contributed by atoms with Gasteiger partial charge in [-0.05, 0) is 69.7 Å². The van der Waals surface area contributed by atoms with E-state index in [2.05, 4.69) is 5.32 Å². The minimum atomic E-state index is -3.58. The number of sulfonamides is 1. The van der Waals surface area contributed by atoms with E-state index >= 15 is 0 Å². The van der Waals surface area contributed by atoms with Gasteiger partial charge in [-0.2, -0.15) is 4.31 Å². The Kier molecular flexibility index (Phi) is 6.52. The summed E-state index contributed by atoms with van der Waals surface area (Å²) in [7, 11) is -3.58. The molecule has 0 radical (unpaired) electrons. The van der Waals surface area contributed by atoms with Crippen molar-refractivity contribution in [3.8, 4) is 0 Å². The summed E-state index contributed by atoms with van der Waals surface area (Å²) in [6, 6.07) is 2.96. The van der Waals surface area contributed by atoms with Crippen LogP contribution in [0, 0.1) is 18.8 Å². The Labute approximate surface area is 171 Å². The number of likely N-dealkylation sites (tertiary alicyclic amines) is 1. The number of hydrogen-bond acceptors (Lipinski definition) is 5. The van der Waals surface area contributed by atoms with E-state index in [0.717, 1.165) is 50.3 Å². The van der Waals surface area contributed by atoms with Gasteiger partial charge in [-0.25, -0.2) is 8.42 Å². The molecule has 0 aliphatic carbocycles. The lowest BCUT2D eigenvalue weighted by molar-refractivity contribution is -0.134. The molecule has 1 amide bonds. The van der Waals surface area contributed by atoms with Gasteiger partial charge < -0.3 is 10.2 Å². The third-order valence-electron chi connectivity index (χ3n) is 6.10. The number of nitrogens with zero attached hydrogens (tertiary/aromatic N) is 2. The normalized spacial score (nSPS) is 29.2. The van der Waals surface area contributed by atoms with Crippen molar-refractivity contribution in [2.75, 3.05) is 32.7 Å². The molecule has 0 spiro atoms. The largest absolute Gasteiger partial charge is 0.341 e. The number of carbonyl (C=O) groups excluding carboxylic acids is 1. The fourth-order valence-electron chi connectivity index (χ4n) is 4.59. The lowest BCUT2D eigenvalue weighted by Gasteiger charge is -2.29. The molecule has 27 heavy (non-hydrogen) atoms. The van der Waals surface area contributed by atoms with E-state index in [1.54, 1.807) is 6.07 Å². The molecule has 1 N–H and O–H groups in total. The predicted molar refractivity (Wildman–Crippen MR) is 109 cm³/mol. The summed E-state index contributed by atoms with van der Waals surface area (Å²) >= 11 is 1.28. The Morgan fingerprint density at radius 2 is 1.78 bits per heavy atom. The molecule has 0 aromatic carbocycles. The molecule has 0 saturated carbocycles. The molecule has 152 valence electrons. The number of nitrogens with one attached hydrogen (secondary N) is 1. The van der Waals surface area contributed by atoms with E-state index in [1.165, 1.54) is 15.6 Å². The van der Waals surface area contributed by atoms with Crippen LogP contribution in [-0.2, 0) is 14.8 Å². The Balaban J connectivity index is 0.00000210. The van der Waals surface area contributed by atoms with Gasteiger partial charge in [0.25, 0.3) is 10.0 Å². The van der Waals surface area contributed by atoms with Gasteiger partial charge in [0.2, 0.25) is 5.91 Å². The number of thiophene rings is 1. The first kappa shape index (κ1) is 21.0. The summed E-state index contributed by atoms with van der Waals surface area (Å²) < 4.78 is 27.9. The summed E-state index contributed by atoms with van der Waals surface area (Å²) in [5, 5.41) is 3.45. The molecule has 4 heterocycles. The maximum atomic E-state index is 13.2. The van der Waals surface area contributed by atoms with E-state index in [0.29, 0.717) is 29.0 Å². The molecule has 3 aliphatic rings. The molecule has 1 aromatic heterocycles. The van der Waals surface area contributed by atoms with Gasteiger partial charge in [-0.1, -0.05) is 0 Å². The first-order chi connectivity index (χ1) is 12.5. The summed E-state index contributed by atoms with van der Waals surface area (Å²) in [6.07, 6.45) is 3.43. The molecule has 3 aliphatic heterocycles. The fraction of sp³-hybridized carbons (Fsp3) is 0.722. The third-order valence-corrected chi connectivity index (χ3v) is 9.47. The maximum Gasteiger partial charge on any atom is 0.253 e. The first-order valence-electron chi connectivity index (χ1n) is 9.54. The molecule has 0 bridgehead atoms. The molecular formula is C18H28ClN3O3S2. The first-order valence-corrected chi connectivity index (χ1v) is 11.8. The van der Waals surface area contributed by atoms with Crippen molar-refractivity contribution < 1.29 is 13.2 Å². The van der Waals surface area contributed by atoms with Crippen LogP contribution in [0.1, 0.15) is 30.6 Å². The molecule has 9 heteroatoms. The minimum absolute atomic E-state index is 0. The van der Waals surface area contributed by atoms with Gasteiger partial charge >= 0.3 is 0 Å². The zero-order valence-electron chi connectivity index (χ0n) is 15.6. The molecule has 3 atom stereocenters. The van der Waals surface area contributed by atoms with Crippen LogP contribution in [0.4, 0.5) is 0 Å². The fourth-order valence-corrected chi connectivity index (χ4v) is 7.65. The van der Waals surface area contributed by atoms with Crippen molar-refractivity contribution in [3.63, 3.8) is 0 Å². The lowest BCUT2D eigenvalue weighted by atomic mass is 9.92. The van der Waals surface area contributed by atoms with Crippen molar-refractivity contribution in [3.05, 3.63) is 17.0 Å². The van der Waals surface area contributed by atoms with Crippen LogP contribution in [-0.4, -0.2) is 62.3 Å².